The number of imidazole rings is 1. The van der Waals surface area contributed by atoms with E-state index in [0.717, 1.165) is 46.4 Å². The minimum atomic E-state index is 0.548. The van der Waals surface area contributed by atoms with E-state index in [2.05, 4.69) is 22.5 Å². The van der Waals surface area contributed by atoms with Crippen molar-refractivity contribution in [2.75, 3.05) is 7.11 Å². The zero-order valence-electron chi connectivity index (χ0n) is 14.4. The molecule has 25 heavy (non-hydrogen) atoms. The van der Waals surface area contributed by atoms with Crippen LogP contribution >= 0.6 is 0 Å². The van der Waals surface area contributed by atoms with Crippen LogP contribution < -0.4 is 4.74 Å². The maximum Gasteiger partial charge on any atom is 0.157 e. The summed E-state index contributed by atoms with van der Waals surface area (Å²) < 4.78 is 9.62. The first-order valence-corrected chi connectivity index (χ1v) is 8.12. The molecule has 0 spiro atoms. The van der Waals surface area contributed by atoms with E-state index in [-0.39, 0.29) is 0 Å². The summed E-state index contributed by atoms with van der Waals surface area (Å²) in [6.45, 7) is 2.88. The Balaban J connectivity index is 2.05. The number of fused-ring (bicyclic) bond motifs is 2. The summed E-state index contributed by atoms with van der Waals surface area (Å²) in [5, 5.41) is 1.08. The number of methoxy groups -OCH3 is 1. The van der Waals surface area contributed by atoms with E-state index in [1.54, 1.807) is 25.4 Å². The maximum absolute atomic E-state index is 11.2. The number of hydrogen-bond donors (Lipinski definition) is 0. The molecule has 0 unspecified atom stereocenters. The molecule has 0 radical (unpaired) electrons. The lowest BCUT2D eigenvalue weighted by Gasteiger charge is -2.08. The van der Waals surface area contributed by atoms with Gasteiger partial charge in [0.05, 0.1) is 18.3 Å². The van der Waals surface area contributed by atoms with E-state index >= 15 is 0 Å². The topological polar surface area (TPSA) is 61.9 Å². The summed E-state index contributed by atoms with van der Waals surface area (Å²) in [6, 6.07) is 9.59. The summed E-state index contributed by atoms with van der Waals surface area (Å²) in [7, 11) is 3.56. The second-order valence-corrected chi connectivity index (χ2v) is 5.89. The zero-order chi connectivity index (χ0) is 17.6. The Hall–Kier alpha value is -3.15. The summed E-state index contributed by atoms with van der Waals surface area (Å²) in [5.41, 5.74) is 4.08. The molecule has 1 aromatic carbocycles. The lowest BCUT2D eigenvalue weighted by atomic mass is 10.2. The van der Waals surface area contributed by atoms with Crippen molar-refractivity contribution >= 4 is 28.4 Å². The van der Waals surface area contributed by atoms with Gasteiger partial charge in [0.15, 0.2) is 5.82 Å². The summed E-state index contributed by atoms with van der Waals surface area (Å²) in [6.07, 6.45) is 2.61. The zero-order valence-corrected chi connectivity index (χ0v) is 14.4. The van der Waals surface area contributed by atoms with E-state index in [9.17, 15) is 4.79 Å². The standard InChI is InChI=1S/C19H18N4O2/c1-4-23-15(10-13-6-5-7-20-18(13)23)19-21-14-8-12(11-24)9-16(25-3)17(14)22(19)2/h5-11H,4H2,1-3H3. The Labute approximate surface area is 144 Å². The second-order valence-electron chi connectivity index (χ2n) is 5.89. The molecule has 0 atom stereocenters. The summed E-state index contributed by atoms with van der Waals surface area (Å²) in [4.78, 5) is 20.5. The predicted molar refractivity (Wildman–Crippen MR) is 97.1 cm³/mol. The van der Waals surface area contributed by atoms with Gasteiger partial charge in [0.2, 0.25) is 0 Å². The monoisotopic (exact) mass is 334 g/mol. The first-order chi connectivity index (χ1) is 12.2. The minimum absolute atomic E-state index is 0.548. The fourth-order valence-electron chi connectivity index (χ4n) is 3.38. The van der Waals surface area contributed by atoms with Crippen LogP contribution in [0.25, 0.3) is 33.6 Å². The molecular weight excluding hydrogens is 316 g/mol. The number of carbonyl (C=O) groups excluding carboxylic acids is 1. The molecule has 0 aliphatic rings. The van der Waals surface area contributed by atoms with E-state index in [4.69, 9.17) is 9.72 Å². The van der Waals surface area contributed by atoms with Gasteiger partial charge in [-0.2, -0.15) is 0 Å². The van der Waals surface area contributed by atoms with Gasteiger partial charge in [-0.05, 0) is 37.3 Å². The molecule has 6 heteroatoms. The lowest BCUT2D eigenvalue weighted by Crippen LogP contribution is -2.02. The van der Waals surface area contributed by atoms with Crippen molar-refractivity contribution in [3.63, 3.8) is 0 Å². The number of carbonyl (C=O) groups is 1. The Morgan fingerprint density at radius 2 is 2.12 bits per heavy atom. The van der Waals surface area contributed by atoms with Crippen LogP contribution in [0, 0.1) is 0 Å². The molecule has 0 saturated carbocycles. The predicted octanol–water partition coefficient (Wildman–Crippen LogP) is 3.43. The smallest absolute Gasteiger partial charge is 0.157 e. The number of aryl methyl sites for hydroxylation is 2. The van der Waals surface area contributed by atoms with E-state index in [1.807, 2.05) is 23.7 Å². The number of aldehydes is 1. The Morgan fingerprint density at radius 3 is 2.84 bits per heavy atom. The van der Waals surface area contributed by atoms with Crippen LogP contribution in [0.15, 0.2) is 36.5 Å². The van der Waals surface area contributed by atoms with Crippen LogP contribution in [0.3, 0.4) is 0 Å². The number of ether oxygens (including phenoxy) is 1. The molecule has 4 aromatic rings. The largest absolute Gasteiger partial charge is 0.494 e. The van der Waals surface area contributed by atoms with Crippen LogP contribution in [0.1, 0.15) is 17.3 Å². The van der Waals surface area contributed by atoms with Gasteiger partial charge in [-0.1, -0.05) is 0 Å². The minimum Gasteiger partial charge on any atom is -0.494 e. The molecule has 0 bridgehead atoms. The first kappa shape index (κ1) is 15.4. The van der Waals surface area contributed by atoms with Gasteiger partial charge in [-0.15, -0.1) is 0 Å². The summed E-state index contributed by atoms with van der Waals surface area (Å²) >= 11 is 0. The Kier molecular flexibility index (Phi) is 3.53. The fraction of sp³-hybridized carbons (Fsp3) is 0.211. The molecular formula is C19H18N4O2. The highest BCUT2D eigenvalue weighted by atomic mass is 16.5. The van der Waals surface area contributed by atoms with Crippen molar-refractivity contribution in [2.24, 2.45) is 7.05 Å². The molecule has 6 nitrogen and oxygen atoms in total. The normalized spacial score (nSPS) is 11.3. The second kappa shape index (κ2) is 5.73. The molecule has 0 saturated heterocycles. The average molecular weight is 334 g/mol. The lowest BCUT2D eigenvalue weighted by molar-refractivity contribution is 0.112. The molecule has 126 valence electrons. The van der Waals surface area contributed by atoms with Crippen molar-refractivity contribution in [1.29, 1.82) is 0 Å². The van der Waals surface area contributed by atoms with Crippen molar-refractivity contribution in [1.82, 2.24) is 19.1 Å². The maximum atomic E-state index is 11.2. The SMILES string of the molecule is CCn1c(-c2nc3cc(C=O)cc(OC)c3n2C)cc2cccnc21. The molecule has 0 fully saturated rings. The van der Waals surface area contributed by atoms with Gasteiger partial charge in [-0.3, -0.25) is 4.79 Å². The molecule has 3 aromatic heterocycles. The number of pyridine rings is 1. The van der Waals surface area contributed by atoms with Gasteiger partial charge >= 0.3 is 0 Å². The quantitative estimate of drug-likeness (QED) is 0.536. The third kappa shape index (κ3) is 2.21. The number of nitrogens with zero attached hydrogens (tertiary/aromatic N) is 4. The fourth-order valence-corrected chi connectivity index (χ4v) is 3.38. The van der Waals surface area contributed by atoms with Crippen molar-refractivity contribution in [2.45, 2.75) is 13.5 Å². The Morgan fingerprint density at radius 1 is 1.28 bits per heavy atom. The molecule has 4 rings (SSSR count). The molecule has 0 N–H and O–H groups in total. The van der Waals surface area contributed by atoms with Crippen molar-refractivity contribution in [3.05, 3.63) is 42.1 Å². The number of hydrogen-bond acceptors (Lipinski definition) is 4. The van der Waals surface area contributed by atoms with Gasteiger partial charge in [0.25, 0.3) is 0 Å². The van der Waals surface area contributed by atoms with Crippen molar-refractivity contribution < 1.29 is 9.53 Å². The van der Waals surface area contributed by atoms with Crippen LogP contribution in [0.2, 0.25) is 0 Å². The highest BCUT2D eigenvalue weighted by Gasteiger charge is 2.19. The van der Waals surface area contributed by atoms with Gasteiger partial charge in [0.1, 0.15) is 23.2 Å². The molecule has 3 heterocycles. The van der Waals surface area contributed by atoms with Crippen molar-refractivity contribution in [3.8, 4) is 17.3 Å². The molecule has 0 amide bonds. The van der Waals surface area contributed by atoms with Gasteiger partial charge < -0.3 is 13.9 Å². The highest BCUT2D eigenvalue weighted by molar-refractivity contribution is 5.92. The third-order valence-electron chi connectivity index (χ3n) is 4.51. The number of aromatic nitrogens is 4. The van der Waals surface area contributed by atoms with E-state index in [1.165, 1.54) is 0 Å². The van der Waals surface area contributed by atoms with Crippen LogP contribution in [0.5, 0.6) is 5.75 Å². The van der Waals surface area contributed by atoms with Crippen LogP contribution in [-0.4, -0.2) is 32.5 Å². The van der Waals surface area contributed by atoms with Gasteiger partial charge in [0, 0.05) is 30.7 Å². The first-order valence-electron chi connectivity index (χ1n) is 8.12. The van der Waals surface area contributed by atoms with E-state index in [0.29, 0.717) is 11.3 Å². The highest BCUT2D eigenvalue weighted by Crippen LogP contribution is 2.33. The number of benzene rings is 1. The molecule has 0 aliphatic heterocycles. The molecule has 0 aliphatic carbocycles. The van der Waals surface area contributed by atoms with Gasteiger partial charge in [-0.25, -0.2) is 9.97 Å². The van der Waals surface area contributed by atoms with Crippen LogP contribution in [-0.2, 0) is 13.6 Å². The number of rotatable bonds is 4. The Bertz CT molecular complexity index is 1110. The summed E-state index contributed by atoms with van der Waals surface area (Å²) in [5.74, 6) is 1.45. The average Bonchev–Trinajstić information content (AvgIpc) is 3.18. The third-order valence-corrected chi connectivity index (χ3v) is 4.51. The van der Waals surface area contributed by atoms with E-state index < -0.39 is 0 Å². The van der Waals surface area contributed by atoms with Crippen LogP contribution in [0.4, 0.5) is 0 Å².